The first-order chi connectivity index (χ1) is 8.00. The lowest BCUT2D eigenvalue weighted by atomic mass is 10.2. The molecule has 1 aromatic heterocycles. The van der Waals surface area contributed by atoms with E-state index in [2.05, 4.69) is 49.5 Å². The van der Waals surface area contributed by atoms with E-state index in [-0.39, 0.29) is 0 Å². The van der Waals surface area contributed by atoms with Gasteiger partial charge < -0.3 is 9.47 Å². The maximum absolute atomic E-state index is 6.26. The van der Waals surface area contributed by atoms with E-state index in [1.165, 1.54) is 11.2 Å². The molecule has 0 N–H and O–H groups in total. The van der Waals surface area contributed by atoms with Crippen LogP contribution in [0.4, 0.5) is 0 Å². The second-order valence-corrected chi connectivity index (χ2v) is 5.42. The van der Waals surface area contributed by atoms with Crippen molar-refractivity contribution in [2.24, 2.45) is 0 Å². The van der Waals surface area contributed by atoms with Gasteiger partial charge in [-0.05, 0) is 46.1 Å². The van der Waals surface area contributed by atoms with Gasteiger partial charge in [-0.15, -0.1) is 0 Å². The zero-order chi connectivity index (χ0) is 12.6. The summed E-state index contributed by atoms with van der Waals surface area (Å²) in [6.45, 7) is 5.35. The Morgan fingerprint density at radius 1 is 1.29 bits per heavy atom. The number of hydrogen-bond acceptors (Lipinski definition) is 1. The molecular weight excluding hydrogens is 232 g/mol. The Morgan fingerprint density at radius 2 is 2.00 bits per heavy atom. The minimum Gasteiger partial charge on any atom is -0.341 e. The monoisotopic (exact) mass is 250 g/mol. The second-order valence-electron chi connectivity index (χ2n) is 5.01. The Labute approximate surface area is 108 Å². The van der Waals surface area contributed by atoms with Crippen molar-refractivity contribution >= 4 is 22.5 Å². The molecule has 0 radical (unpaired) electrons. The van der Waals surface area contributed by atoms with Gasteiger partial charge >= 0.3 is 0 Å². The fourth-order valence-electron chi connectivity index (χ4n) is 2.33. The van der Waals surface area contributed by atoms with Gasteiger partial charge in [0, 0.05) is 34.2 Å². The van der Waals surface area contributed by atoms with Crippen LogP contribution in [0.2, 0.25) is 5.02 Å². The Hall–Kier alpha value is -0.990. The zero-order valence-electron chi connectivity index (χ0n) is 10.9. The van der Waals surface area contributed by atoms with Crippen LogP contribution in [0.5, 0.6) is 0 Å². The molecule has 0 atom stereocenters. The summed E-state index contributed by atoms with van der Waals surface area (Å²) in [6.07, 6.45) is 0. The number of fused-ring (bicyclic) bond motifs is 1. The van der Waals surface area contributed by atoms with Crippen LogP contribution in [-0.4, -0.2) is 23.6 Å². The van der Waals surface area contributed by atoms with Gasteiger partial charge in [0.05, 0.1) is 0 Å². The summed E-state index contributed by atoms with van der Waals surface area (Å²) in [5.74, 6) is 0. The number of halogens is 1. The van der Waals surface area contributed by atoms with Crippen LogP contribution in [0.3, 0.4) is 0 Å². The molecule has 0 aliphatic rings. The summed E-state index contributed by atoms with van der Waals surface area (Å²) in [5, 5.41) is 1.99. The van der Waals surface area contributed by atoms with Gasteiger partial charge in [0.15, 0.2) is 0 Å². The van der Waals surface area contributed by atoms with Crippen molar-refractivity contribution < 1.29 is 0 Å². The Bertz CT molecular complexity index is 526. The highest BCUT2D eigenvalue weighted by Gasteiger charge is 2.13. The number of nitrogens with zero attached hydrogens (tertiary/aromatic N) is 2. The summed E-state index contributed by atoms with van der Waals surface area (Å²) < 4.78 is 2.36. The van der Waals surface area contributed by atoms with Crippen molar-refractivity contribution in [2.45, 2.75) is 26.4 Å². The molecule has 17 heavy (non-hydrogen) atoms. The van der Waals surface area contributed by atoms with Crippen molar-refractivity contribution in [1.82, 2.24) is 9.47 Å². The van der Waals surface area contributed by atoms with Crippen LogP contribution in [0, 0.1) is 0 Å². The van der Waals surface area contributed by atoms with Crippen LogP contribution < -0.4 is 0 Å². The molecule has 0 aliphatic heterocycles. The first-order valence-corrected chi connectivity index (χ1v) is 6.31. The molecule has 0 bridgehead atoms. The van der Waals surface area contributed by atoms with E-state index < -0.39 is 0 Å². The van der Waals surface area contributed by atoms with Gasteiger partial charge in [0.25, 0.3) is 0 Å². The average Bonchev–Trinajstić information content (AvgIpc) is 2.56. The molecule has 2 rings (SSSR count). The van der Waals surface area contributed by atoms with Crippen LogP contribution >= 0.6 is 11.6 Å². The SMILES string of the molecule is CC(C)n1c(CN(C)C)cc2c(Cl)cccc21. The standard InChI is InChI=1S/C14H19ClN2/c1-10(2)17-11(9-16(3)4)8-12-13(15)6-5-7-14(12)17/h5-8,10H,9H2,1-4H3. The third-order valence-corrected chi connectivity index (χ3v) is 3.23. The topological polar surface area (TPSA) is 8.17 Å². The van der Waals surface area contributed by atoms with Crippen molar-refractivity contribution in [3.05, 3.63) is 35.0 Å². The lowest BCUT2D eigenvalue weighted by molar-refractivity contribution is 0.384. The van der Waals surface area contributed by atoms with Crippen molar-refractivity contribution in [3.8, 4) is 0 Å². The minimum atomic E-state index is 0.445. The Kier molecular flexibility index (Phi) is 3.45. The third kappa shape index (κ3) is 2.33. The third-order valence-electron chi connectivity index (χ3n) is 2.90. The van der Waals surface area contributed by atoms with Gasteiger partial charge in [0.2, 0.25) is 0 Å². The molecular formula is C14H19ClN2. The number of aromatic nitrogens is 1. The highest BCUT2D eigenvalue weighted by atomic mass is 35.5. The van der Waals surface area contributed by atoms with E-state index in [1.54, 1.807) is 0 Å². The molecule has 0 aliphatic carbocycles. The van der Waals surface area contributed by atoms with E-state index in [9.17, 15) is 0 Å². The molecule has 0 fully saturated rings. The number of hydrogen-bond donors (Lipinski definition) is 0. The maximum atomic E-state index is 6.26. The molecule has 1 aromatic carbocycles. The summed E-state index contributed by atoms with van der Waals surface area (Å²) in [7, 11) is 4.17. The van der Waals surface area contributed by atoms with Gasteiger partial charge in [-0.2, -0.15) is 0 Å². The molecule has 0 amide bonds. The molecule has 92 valence electrons. The summed E-state index contributed by atoms with van der Waals surface area (Å²) in [6, 6.07) is 8.76. The summed E-state index contributed by atoms with van der Waals surface area (Å²) >= 11 is 6.26. The second kappa shape index (κ2) is 4.71. The fraction of sp³-hybridized carbons (Fsp3) is 0.429. The van der Waals surface area contributed by atoms with Crippen molar-refractivity contribution in [2.75, 3.05) is 14.1 Å². The van der Waals surface area contributed by atoms with Gasteiger partial charge in [-0.1, -0.05) is 17.7 Å². The van der Waals surface area contributed by atoms with E-state index in [0.717, 1.165) is 17.0 Å². The lowest BCUT2D eigenvalue weighted by Crippen LogP contribution is -2.15. The highest BCUT2D eigenvalue weighted by Crippen LogP contribution is 2.29. The lowest BCUT2D eigenvalue weighted by Gasteiger charge is -2.17. The minimum absolute atomic E-state index is 0.445. The first-order valence-electron chi connectivity index (χ1n) is 5.93. The largest absolute Gasteiger partial charge is 0.341 e. The first kappa shape index (κ1) is 12.5. The zero-order valence-corrected chi connectivity index (χ0v) is 11.6. The highest BCUT2D eigenvalue weighted by molar-refractivity contribution is 6.35. The number of rotatable bonds is 3. The van der Waals surface area contributed by atoms with Gasteiger partial charge in [-0.3, -0.25) is 0 Å². The Balaban J connectivity index is 2.66. The quantitative estimate of drug-likeness (QED) is 0.801. The molecule has 0 saturated carbocycles. The maximum Gasteiger partial charge on any atom is 0.0500 e. The predicted octanol–water partition coefficient (Wildman–Crippen LogP) is 3.94. The van der Waals surface area contributed by atoms with E-state index in [0.29, 0.717) is 6.04 Å². The molecule has 2 aromatic rings. The molecule has 2 nitrogen and oxygen atoms in total. The molecule has 0 spiro atoms. The van der Waals surface area contributed by atoms with Gasteiger partial charge in [0.1, 0.15) is 0 Å². The summed E-state index contributed by atoms with van der Waals surface area (Å²) in [4.78, 5) is 2.18. The molecule has 0 unspecified atom stereocenters. The summed E-state index contributed by atoms with van der Waals surface area (Å²) in [5.41, 5.74) is 2.54. The smallest absolute Gasteiger partial charge is 0.0500 e. The van der Waals surface area contributed by atoms with Gasteiger partial charge in [-0.25, -0.2) is 0 Å². The number of benzene rings is 1. The predicted molar refractivity (Wildman–Crippen MR) is 74.7 cm³/mol. The van der Waals surface area contributed by atoms with E-state index >= 15 is 0 Å². The molecule has 0 saturated heterocycles. The van der Waals surface area contributed by atoms with E-state index in [1.807, 2.05) is 12.1 Å². The molecule has 3 heteroatoms. The van der Waals surface area contributed by atoms with Crippen LogP contribution in [0.1, 0.15) is 25.6 Å². The average molecular weight is 251 g/mol. The normalized spacial score (nSPS) is 11.9. The van der Waals surface area contributed by atoms with Crippen molar-refractivity contribution in [3.63, 3.8) is 0 Å². The van der Waals surface area contributed by atoms with Crippen molar-refractivity contribution in [1.29, 1.82) is 0 Å². The van der Waals surface area contributed by atoms with Crippen LogP contribution in [0.15, 0.2) is 24.3 Å². The fourth-order valence-corrected chi connectivity index (χ4v) is 2.55. The Morgan fingerprint density at radius 3 is 2.59 bits per heavy atom. The van der Waals surface area contributed by atoms with Crippen LogP contribution in [0.25, 0.3) is 10.9 Å². The van der Waals surface area contributed by atoms with E-state index in [4.69, 9.17) is 11.6 Å². The van der Waals surface area contributed by atoms with Crippen LogP contribution in [-0.2, 0) is 6.54 Å². The molecule has 1 heterocycles.